The van der Waals surface area contributed by atoms with Gasteiger partial charge in [-0.1, -0.05) is 6.92 Å². The number of Topliss-reactive ketones (excluding diaryl/α,β-unsaturated/α-hetero) is 3. The summed E-state index contributed by atoms with van der Waals surface area (Å²) in [6, 6.07) is -1.78. The zero-order valence-corrected chi connectivity index (χ0v) is 16.8. The number of nitrogens with one attached hydrogen (secondary N) is 1. The Bertz CT molecular complexity index is 605. The highest BCUT2D eigenvalue weighted by molar-refractivity contribution is 5.94. The molecule has 0 bridgehead atoms. The van der Waals surface area contributed by atoms with Gasteiger partial charge in [0.15, 0.2) is 11.6 Å². The SMILES string of the molecule is CC[C@H](NC(=O)[C@H](CC(=O)O)CC(=O)[C@@H](N)CCC(=O)COCCC=O)C(C)=O. The summed E-state index contributed by atoms with van der Waals surface area (Å²) < 4.78 is 4.98. The molecule has 0 spiro atoms. The number of hydrogen-bond donors (Lipinski definition) is 3. The number of nitrogens with two attached hydrogens (primary N) is 1. The molecule has 0 radical (unpaired) electrons. The minimum atomic E-state index is -1.26. The molecule has 0 saturated heterocycles. The van der Waals surface area contributed by atoms with Crippen molar-refractivity contribution in [3.63, 3.8) is 0 Å². The second-order valence-electron chi connectivity index (χ2n) is 6.74. The lowest BCUT2D eigenvalue weighted by Crippen LogP contribution is -2.44. The Hall–Kier alpha value is -2.46. The molecule has 0 rings (SSSR count). The van der Waals surface area contributed by atoms with E-state index in [0.29, 0.717) is 12.7 Å². The molecule has 10 heteroatoms. The van der Waals surface area contributed by atoms with Gasteiger partial charge in [-0.3, -0.25) is 24.0 Å². The molecule has 3 atom stereocenters. The molecule has 0 aliphatic rings. The molecule has 0 heterocycles. The number of aliphatic carboxylic acids is 1. The van der Waals surface area contributed by atoms with Gasteiger partial charge < -0.3 is 25.7 Å². The minimum absolute atomic E-state index is 0.0218. The maximum absolute atomic E-state index is 12.3. The summed E-state index contributed by atoms with van der Waals surface area (Å²) >= 11 is 0. The highest BCUT2D eigenvalue weighted by Crippen LogP contribution is 2.14. The van der Waals surface area contributed by atoms with E-state index < -0.39 is 48.5 Å². The third kappa shape index (κ3) is 11.9. The number of ether oxygens (including phenoxy) is 1. The number of rotatable bonds is 17. The van der Waals surface area contributed by atoms with Crippen LogP contribution >= 0.6 is 0 Å². The molecule has 0 unspecified atom stereocenters. The van der Waals surface area contributed by atoms with Gasteiger partial charge in [-0.15, -0.1) is 0 Å². The molecule has 0 aromatic carbocycles. The number of carbonyl (C=O) groups excluding carboxylic acids is 5. The topological polar surface area (TPSA) is 170 Å². The molecule has 0 aliphatic heterocycles. The van der Waals surface area contributed by atoms with E-state index in [0.717, 1.165) is 0 Å². The van der Waals surface area contributed by atoms with E-state index in [-0.39, 0.29) is 44.0 Å². The van der Waals surface area contributed by atoms with Gasteiger partial charge in [-0.25, -0.2) is 0 Å². The molecule has 0 aromatic rings. The largest absolute Gasteiger partial charge is 0.481 e. The van der Waals surface area contributed by atoms with Crippen LogP contribution in [0.2, 0.25) is 0 Å². The van der Waals surface area contributed by atoms with E-state index >= 15 is 0 Å². The normalized spacial score (nSPS) is 13.8. The summed E-state index contributed by atoms with van der Waals surface area (Å²) in [6.45, 7) is 2.94. The number of carboxylic acids is 1. The summed E-state index contributed by atoms with van der Waals surface area (Å²) in [5, 5.41) is 11.5. The molecular weight excluding hydrogens is 384 g/mol. The van der Waals surface area contributed by atoms with Gasteiger partial charge in [0.05, 0.1) is 31.0 Å². The van der Waals surface area contributed by atoms with E-state index in [4.69, 9.17) is 15.6 Å². The second kappa shape index (κ2) is 14.5. The lowest BCUT2D eigenvalue weighted by molar-refractivity contribution is -0.142. The number of ketones is 3. The first kappa shape index (κ1) is 26.5. The standard InChI is InChI=1S/C19H30N2O8/c1-3-16(12(2)23)21-19(28)13(10-18(26)27)9-17(25)15(20)6-5-14(24)11-29-8-4-7-22/h7,13,15-16H,3-6,8-11,20H2,1-2H3,(H,21,28)(H,26,27)/t13-,15-,16-/m0/s1. The molecule has 0 aromatic heterocycles. The fourth-order valence-electron chi connectivity index (χ4n) is 2.51. The van der Waals surface area contributed by atoms with Crippen molar-refractivity contribution in [2.24, 2.45) is 11.7 Å². The summed E-state index contributed by atoms with van der Waals surface area (Å²) in [5.41, 5.74) is 5.77. The number of hydrogen-bond acceptors (Lipinski definition) is 8. The maximum Gasteiger partial charge on any atom is 0.304 e. The highest BCUT2D eigenvalue weighted by Gasteiger charge is 2.29. The quantitative estimate of drug-likeness (QED) is 0.215. The van der Waals surface area contributed by atoms with Crippen LogP contribution in [0, 0.1) is 5.92 Å². The average molecular weight is 414 g/mol. The molecule has 164 valence electrons. The first-order valence-electron chi connectivity index (χ1n) is 9.46. The van der Waals surface area contributed by atoms with Crippen LogP contribution in [0.25, 0.3) is 0 Å². The molecule has 4 N–H and O–H groups in total. The summed E-state index contributed by atoms with van der Waals surface area (Å²) in [4.78, 5) is 69.0. The zero-order valence-electron chi connectivity index (χ0n) is 16.8. The summed E-state index contributed by atoms with van der Waals surface area (Å²) in [7, 11) is 0. The molecule has 0 saturated carbocycles. The maximum atomic E-state index is 12.3. The van der Waals surface area contributed by atoms with Crippen LogP contribution in [0.1, 0.15) is 52.4 Å². The molecule has 1 amide bonds. The van der Waals surface area contributed by atoms with Gasteiger partial charge >= 0.3 is 5.97 Å². The van der Waals surface area contributed by atoms with Crippen LogP contribution in [-0.2, 0) is 33.5 Å². The van der Waals surface area contributed by atoms with Gasteiger partial charge in [0.2, 0.25) is 5.91 Å². The predicted octanol–water partition coefficient (Wildman–Crippen LogP) is -0.197. The Morgan fingerprint density at radius 3 is 2.34 bits per heavy atom. The lowest BCUT2D eigenvalue weighted by Gasteiger charge is -2.20. The molecular formula is C19H30N2O8. The zero-order chi connectivity index (χ0) is 22.4. The summed E-state index contributed by atoms with van der Waals surface area (Å²) in [5.74, 6) is -4.23. The Morgan fingerprint density at radius 2 is 1.83 bits per heavy atom. The monoisotopic (exact) mass is 414 g/mol. The molecule has 10 nitrogen and oxygen atoms in total. The molecule has 29 heavy (non-hydrogen) atoms. The van der Waals surface area contributed by atoms with Gasteiger partial charge in [-0.05, 0) is 19.8 Å². The van der Waals surface area contributed by atoms with E-state index in [9.17, 15) is 28.8 Å². The van der Waals surface area contributed by atoms with Crippen LogP contribution in [-0.4, -0.2) is 65.9 Å². The Kier molecular flexibility index (Phi) is 13.3. The number of amides is 1. The van der Waals surface area contributed by atoms with Crippen molar-refractivity contribution in [1.82, 2.24) is 5.32 Å². The second-order valence-corrected chi connectivity index (χ2v) is 6.74. The van der Waals surface area contributed by atoms with Gasteiger partial charge in [-0.2, -0.15) is 0 Å². The Morgan fingerprint density at radius 1 is 1.17 bits per heavy atom. The fraction of sp³-hybridized carbons (Fsp3) is 0.684. The van der Waals surface area contributed by atoms with Crippen LogP contribution in [0.4, 0.5) is 0 Å². The third-order valence-corrected chi connectivity index (χ3v) is 4.25. The number of carbonyl (C=O) groups is 6. The first-order chi connectivity index (χ1) is 13.6. The van der Waals surface area contributed by atoms with Crippen molar-refractivity contribution in [3.8, 4) is 0 Å². The van der Waals surface area contributed by atoms with Crippen LogP contribution < -0.4 is 11.1 Å². The van der Waals surface area contributed by atoms with Crippen molar-refractivity contribution in [2.45, 2.75) is 64.5 Å². The fourth-order valence-corrected chi connectivity index (χ4v) is 2.51. The smallest absolute Gasteiger partial charge is 0.304 e. The Balaban J connectivity index is 4.69. The van der Waals surface area contributed by atoms with E-state index in [1.165, 1.54) is 6.92 Å². The average Bonchev–Trinajstić information content (AvgIpc) is 2.65. The summed E-state index contributed by atoms with van der Waals surface area (Å²) in [6.07, 6.45) is 0.209. The number of carboxylic acid groups (broad SMARTS) is 1. The predicted molar refractivity (Wildman–Crippen MR) is 102 cm³/mol. The molecule has 0 fully saturated rings. The van der Waals surface area contributed by atoms with Crippen molar-refractivity contribution in [1.29, 1.82) is 0 Å². The van der Waals surface area contributed by atoms with Crippen molar-refractivity contribution >= 4 is 35.5 Å². The Labute approximate surface area is 169 Å². The van der Waals surface area contributed by atoms with E-state index in [1.54, 1.807) is 6.92 Å². The number of aldehydes is 1. The third-order valence-electron chi connectivity index (χ3n) is 4.25. The first-order valence-corrected chi connectivity index (χ1v) is 9.46. The van der Waals surface area contributed by atoms with Crippen LogP contribution in [0.5, 0.6) is 0 Å². The van der Waals surface area contributed by atoms with Gasteiger partial charge in [0, 0.05) is 19.3 Å². The van der Waals surface area contributed by atoms with Crippen molar-refractivity contribution in [2.75, 3.05) is 13.2 Å². The van der Waals surface area contributed by atoms with Gasteiger partial charge in [0.25, 0.3) is 0 Å². The van der Waals surface area contributed by atoms with Crippen LogP contribution in [0.3, 0.4) is 0 Å². The molecule has 0 aliphatic carbocycles. The van der Waals surface area contributed by atoms with Gasteiger partial charge in [0.1, 0.15) is 18.7 Å². The minimum Gasteiger partial charge on any atom is -0.481 e. The van der Waals surface area contributed by atoms with Crippen LogP contribution in [0.15, 0.2) is 0 Å². The van der Waals surface area contributed by atoms with E-state index in [1.807, 2.05) is 0 Å². The van der Waals surface area contributed by atoms with Crippen molar-refractivity contribution in [3.05, 3.63) is 0 Å². The van der Waals surface area contributed by atoms with E-state index in [2.05, 4.69) is 5.32 Å². The lowest BCUT2D eigenvalue weighted by atomic mass is 9.92. The van der Waals surface area contributed by atoms with Crippen molar-refractivity contribution < 1.29 is 38.6 Å². The highest BCUT2D eigenvalue weighted by atomic mass is 16.5.